The average Bonchev–Trinajstić information content (AvgIpc) is 3.22. The average molecular weight is 390 g/mol. The van der Waals surface area contributed by atoms with Crippen molar-refractivity contribution in [3.8, 4) is 0 Å². The van der Waals surface area contributed by atoms with Gasteiger partial charge in [-0.15, -0.1) is 17.9 Å². The summed E-state index contributed by atoms with van der Waals surface area (Å²) in [6.45, 7) is 3.97. The lowest BCUT2D eigenvalue weighted by atomic mass is 10.2. The predicted molar refractivity (Wildman–Crippen MR) is 102 cm³/mol. The Hall–Kier alpha value is -2.52. The fourth-order valence-electron chi connectivity index (χ4n) is 2.29. The lowest BCUT2D eigenvalue weighted by Gasteiger charge is -2.13. The van der Waals surface area contributed by atoms with Crippen LogP contribution in [0.3, 0.4) is 0 Å². The van der Waals surface area contributed by atoms with E-state index in [2.05, 4.69) is 21.9 Å². The van der Waals surface area contributed by atoms with E-state index in [9.17, 15) is 14.0 Å². The number of benzene rings is 1. The first-order valence-corrected chi connectivity index (χ1v) is 9.45. The summed E-state index contributed by atoms with van der Waals surface area (Å²) in [5.74, 6) is -0.899. The van der Waals surface area contributed by atoms with E-state index < -0.39 is 5.25 Å². The first kappa shape index (κ1) is 18.3. The molecule has 1 unspecified atom stereocenters. The summed E-state index contributed by atoms with van der Waals surface area (Å²) >= 11 is 2.59. The monoisotopic (exact) mass is 390 g/mol. The molecule has 2 aromatic rings. The number of thioether (sulfide) groups is 1. The maximum Gasteiger partial charge on any atom is 0.242 e. The molecule has 6 nitrogen and oxygen atoms in total. The molecule has 2 heterocycles. The molecule has 2 amide bonds. The summed E-state index contributed by atoms with van der Waals surface area (Å²) in [6.07, 6.45) is 3.24. The largest absolute Gasteiger partial charge is 0.326 e. The van der Waals surface area contributed by atoms with Gasteiger partial charge < -0.3 is 5.32 Å². The van der Waals surface area contributed by atoms with Crippen molar-refractivity contribution < 1.29 is 14.0 Å². The number of anilines is 1. The highest BCUT2D eigenvalue weighted by Gasteiger charge is 2.38. The minimum atomic E-state index is -0.575. The van der Waals surface area contributed by atoms with Gasteiger partial charge >= 0.3 is 0 Å². The van der Waals surface area contributed by atoms with Gasteiger partial charge in [0.1, 0.15) is 11.1 Å². The fraction of sp³-hybridized carbons (Fsp3) is 0.176. The Morgan fingerprint density at radius 2 is 2.19 bits per heavy atom. The van der Waals surface area contributed by atoms with Gasteiger partial charge in [0.25, 0.3) is 0 Å². The Kier molecular flexibility index (Phi) is 5.79. The number of amidine groups is 1. The number of aromatic nitrogens is 1. The molecule has 1 atom stereocenters. The van der Waals surface area contributed by atoms with Crippen LogP contribution in [0.5, 0.6) is 0 Å². The number of hydrogen-bond acceptors (Lipinski definition) is 6. The van der Waals surface area contributed by atoms with Crippen molar-refractivity contribution >= 4 is 50.9 Å². The molecule has 3 rings (SSSR count). The van der Waals surface area contributed by atoms with Crippen LogP contribution in [0.15, 0.2) is 53.5 Å². The highest BCUT2D eigenvalue weighted by atomic mass is 32.2. The third-order valence-electron chi connectivity index (χ3n) is 3.44. The lowest BCUT2D eigenvalue weighted by molar-refractivity contribution is -0.127. The second kappa shape index (κ2) is 8.24. The van der Waals surface area contributed by atoms with Gasteiger partial charge in [-0.05, 0) is 24.3 Å². The molecule has 1 aromatic heterocycles. The number of hydrogen-bond donors (Lipinski definition) is 1. The Bertz CT molecular complexity index is 837. The second-order valence-corrected chi connectivity index (χ2v) is 7.36. The molecule has 134 valence electrons. The van der Waals surface area contributed by atoms with E-state index in [0.717, 1.165) is 0 Å². The highest BCUT2D eigenvalue weighted by molar-refractivity contribution is 8.15. The molecule has 0 saturated carbocycles. The SMILES string of the molecule is C=CCN1C(=O)C(CC(=O)Nc2ccc(F)cc2)SC1=Nc1nccs1. The zero-order valence-corrected chi connectivity index (χ0v) is 15.2. The minimum Gasteiger partial charge on any atom is -0.326 e. The smallest absolute Gasteiger partial charge is 0.242 e. The predicted octanol–water partition coefficient (Wildman–Crippen LogP) is 3.43. The molecule has 0 radical (unpaired) electrons. The lowest BCUT2D eigenvalue weighted by Crippen LogP contribution is -2.33. The Morgan fingerprint density at radius 3 is 2.85 bits per heavy atom. The van der Waals surface area contributed by atoms with Crippen molar-refractivity contribution in [2.45, 2.75) is 11.7 Å². The Morgan fingerprint density at radius 1 is 1.42 bits per heavy atom. The summed E-state index contributed by atoms with van der Waals surface area (Å²) in [6, 6.07) is 5.46. The molecule has 26 heavy (non-hydrogen) atoms. The van der Waals surface area contributed by atoms with Crippen molar-refractivity contribution in [3.05, 3.63) is 54.3 Å². The third kappa shape index (κ3) is 4.36. The van der Waals surface area contributed by atoms with E-state index in [1.807, 2.05) is 0 Å². The zero-order valence-electron chi connectivity index (χ0n) is 13.6. The van der Waals surface area contributed by atoms with Gasteiger partial charge in [-0.1, -0.05) is 17.8 Å². The van der Waals surface area contributed by atoms with Gasteiger partial charge in [-0.3, -0.25) is 14.5 Å². The first-order chi connectivity index (χ1) is 12.6. The number of thiazole rings is 1. The number of halogens is 1. The van der Waals surface area contributed by atoms with Gasteiger partial charge in [0, 0.05) is 30.2 Å². The molecule has 0 aliphatic carbocycles. The molecule has 1 aliphatic rings. The van der Waals surface area contributed by atoms with E-state index in [1.54, 1.807) is 17.7 Å². The standard InChI is InChI=1S/C17H15FN4O2S2/c1-2-8-22-15(24)13(26-17(22)21-16-19-7-9-25-16)10-14(23)20-12-5-3-11(18)4-6-12/h2-7,9,13H,1,8,10H2,(H,20,23). The summed E-state index contributed by atoms with van der Waals surface area (Å²) in [4.78, 5) is 34.8. The van der Waals surface area contributed by atoms with Crippen molar-refractivity contribution in [1.82, 2.24) is 9.88 Å². The maximum atomic E-state index is 12.9. The summed E-state index contributed by atoms with van der Waals surface area (Å²) in [7, 11) is 0. The zero-order chi connectivity index (χ0) is 18.5. The maximum absolute atomic E-state index is 12.9. The van der Waals surface area contributed by atoms with Gasteiger partial charge in [0.2, 0.25) is 16.9 Å². The number of aliphatic imine (C=N–C) groups is 1. The summed E-state index contributed by atoms with van der Waals surface area (Å²) < 4.78 is 12.9. The highest BCUT2D eigenvalue weighted by Crippen LogP contribution is 2.32. The van der Waals surface area contributed by atoms with Crippen LogP contribution in [0.2, 0.25) is 0 Å². The first-order valence-electron chi connectivity index (χ1n) is 7.69. The van der Waals surface area contributed by atoms with Crippen LogP contribution in [0, 0.1) is 5.82 Å². The summed E-state index contributed by atoms with van der Waals surface area (Å²) in [5, 5.41) is 4.94. The molecule has 1 aromatic carbocycles. The van der Waals surface area contributed by atoms with Crippen molar-refractivity contribution in [2.75, 3.05) is 11.9 Å². The molecule has 1 N–H and O–H groups in total. The normalized spacial score (nSPS) is 18.3. The minimum absolute atomic E-state index is 0.00852. The van der Waals surface area contributed by atoms with E-state index in [0.29, 0.717) is 22.5 Å². The van der Waals surface area contributed by atoms with Crippen LogP contribution in [0.4, 0.5) is 15.2 Å². The van der Waals surface area contributed by atoms with Crippen LogP contribution in [-0.4, -0.2) is 38.7 Å². The molecule has 0 spiro atoms. The van der Waals surface area contributed by atoms with E-state index in [-0.39, 0.29) is 24.1 Å². The molecule has 1 fully saturated rings. The molecule has 1 aliphatic heterocycles. The quantitative estimate of drug-likeness (QED) is 0.767. The van der Waals surface area contributed by atoms with Crippen molar-refractivity contribution in [1.29, 1.82) is 0 Å². The Labute approximate surface area is 157 Å². The van der Waals surface area contributed by atoms with Crippen LogP contribution in [-0.2, 0) is 9.59 Å². The van der Waals surface area contributed by atoms with Gasteiger partial charge in [-0.25, -0.2) is 9.37 Å². The summed E-state index contributed by atoms with van der Waals surface area (Å²) in [5.41, 5.74) is 0.478. The van der Waals surface area contributed by atoms with Crippen LogP contribution >= 0.6 is 23.1 Å². The van der Waals surface area contributed by atoms with Crippen LogP contribution in [0.1, 0.15) is 6.42 Å². The number of nitrogens with zero attached hydrogens (tertiary/aromatic N) is 3. The van der Waals surface area contributed by atoms with Gasteiger partial charge in [0.05, 0.1) is 0 Å². The number of amides is 2. The van der Waals surface area contributed by atoms with Gasteiger partial charge in [0.15, 0.2) is 5.17 Å². The fourth-order valence-corrected chi connectivity index (χ4v) is 4.00. The molecule has 1 saturated heterocycles. The Balaban J connectivity index is 1.69. The topological polar surface area (TPSA) is 74.7 Å². The number of carbonyl (C=O) groups excluding carboxylic acids is 2. The van der Waals surface area contributed by atoms with Crippen molar-refractivity contribution in [3.63, 3.8) is 0 Å². The van der Waals surface area contributed by atoms with E-state index in [4.69, 9.17) is 0 Å². The van der Waals surface area contributed by atoms with Crippen LogP contribution < -0.4 is 5.32 Å². The molecular formula is C17H15FN4O2S2. The van der Waals surface area contributed by atoms with Gasteiger partial charge in [-0.2, -0.15) is 4.99 Å². The molecular weight excluding hydrogens is 375 g/mol. The second-order valence-electron chi connectivity index (χ2n) is 5.31. The number of nitrogens with one attached hydrogen (secondary N) is 1. The number of rotatable bonds is 6. The van der Waals surface area contributed by atoms with E-state index in [1.165, 1.54) is 52.3 Å². The third-order valence-corrected chi connectivity index (χ3v) is 5.28. The van der Waals surface area contributed by atoms with E-state index >= 15 is 0 Å². The molecule has 9 heteroatoms. The number of carbonyl (C=O) groups is 2. The van der Waals surface area contributed by atoms with Crippen molar-refractivity contribution in [2.24, 2.45) is 4.99 Å². The molecule has 0 bridgehead atoms. The van der Waals surface area contributed by atoms with Crippen LogP contribution in [0.25, 0.3) is 0 Å².